The fourth-order valence-corrected chi connectivity index (χ4v) is 2.09. The van der Waals surface area contributed by atoms with Crippen LogP contribution >= 0.6 is 0 Å². The van der Waals surface area contributed by atoms with Crippen molar-refractivity contribution in [2.24, 2.45) is 5.41 Å². The lowest BCUT2D eigenvalue weighted by Crippen LogP contribution is -2.37. The van der Waals surface area contributed by atoms with Crippen LogP contribution in [0.15, 0.2) is 12.1 Å². The van der Waals surface area contributed by atoms with Crippen LogP contribution in [0, 0.1) is 21.3 Å². The first-order chi connectivity index (χ1) is 8.35. The second kappa shape index (κ2) is 4.20. The van der Waals surface area contributed by atoms with Gasteiger partial charge < -0.3 is 10.4 Å². The monoisotopic (exact) mass is 254 g/mol. The van der Waals surface area contributed by atoms with Gasteiger partial charge in [0.1, 0.15) is 0 Å². The lowest BCUT2D eigenvalue weighted by Gasteiger charge is -2.29. The van der Waals surface area contributed by atoms with Gasteiger partial charge in [0.15, 0.2) is 0 Å². The Balaban J connectivity index is 2.33. The molecule has 5 nitrogen and oxygen atoms in total. The average Bonchev–Trinajstić information content (AvgIpc) is 2.71. The van der Waals surface area contributed by atoms with Crippen molar-refractivity contribution in [3.05, 3.63) is 33.6 Å². The van der Waals surface area contributed by atoms with Crippen LogP contribution in [0.25, 0.3) is 0 Å². The Morgan fingerprint density at radius 3 is 2.83 bits per heavy atom. The molecule has 0 bridgehead atoms. The number of aliphatic hydroxyl groups is 1. The molecule has 1 heterocycles. The number of nitrogens with one attached hydrogen (secondary N) is 1. The molecule has 0 radical (unpaired) electrons. The summed E-state index contributed by atoms with van der Waals surface area (Å²) in [7, 11) is 0. The van der Waals surface area contributed by atoms with Gasteiger partial charge >= 0.3 is 5.69 Å². The number of nitro groups is 1. The summed E-state index contributed by atoms with van der Waals surface area (Å²) in [4.78, 5) is 9.94. The van der Waals surface area contributed by atoms with E-state index < -0.39 is 16.4 Å². The number of halogens is 1. The highest BCUT2D eigenvalue weighted by Gasteiger charge is 2.35. The van der Waals surface area contributed by atoms with E-state index in [4.69, 9.17) is 0 Å². The molecule has 2 N–H and O–H groups in total. The van der Waals surface area contributed by atoms with Crippen molar-refractivity contribution in [2.45, 2.75) is 26.3 Å². The molecule has 0 saturated heterocycles. The summed E-state index contributed by atoms with van der Waals surface area (Å²) in [6.45, 7) is 3.77. The minimum atomic E-state index is -0.839. The molecule has 0 aliphatic carbocycles. The average molecular weight is 254 g/mol. The number of nitrogens with zero attached hydrogens (tertiary/aromatic N) is 1. The summed E-state index contributed by atoms with van der Waals surface area (Å²) in [6.07, 6.45) is 0.546. The summed E-state index contributed by atoms with van der Waals surface area (Å²) >= 11 is 0. The second-order valence-electron chi connectivity index (χ2n) is 5.27. The van der Waals surface area contributed by atoms with Crippen molar-refractivity contribution < 1.29 is 14.4 Å². The molecule has 0 fully saturated rings. The highest BCUT2D eigenvalue weighted by Crippen LogP contribution is 2.37. The molecule has 0 saturated carbocycles. The molecule has 0 spiro atoms. The van der Waals surface area contributed by atoms with Crippen LogP contribution in [-0.4, -0.2) is 22.7 Å². The highest BCUT2D eigenvalue weighted by atomic mass is 19.1. The Labute approximate surface area is 104 Å². The van der Waals surface area contributed by atoms with E-state index in [1.807, 2.05) is 13.8 Å². The lowest BCUT2D eigenvalue weighted by atomic mass is 9.84. The molecular weight excluding hydrogens is 239 g/mol. The van der Waals surface area contributed by atoms with E-state index in [1.54, 1.807) is 0 Å². The van der Waals surface area contributed by atoms with E-state index in [1.165, 1.54) is 6.07 Å². The number of rotatable bonds is 3. The normalized spacial score (nSPS) is 18.3. The Hall–Kier alpha value is -1.69. The van der Waals surface area contributed by atoms with Crippen molar-refractivity contribution in [1.29, 1.82) is 0 Å². The van der Waals surface area contributed by atoms with Gasteiger partial charge in [-0.2, -0.15) is 4.39 Å². The van der Waals surface area contributed by atoms with E-state index in [2.05, 4.69) is 5.32 Å². The van der Waals surface area contributed by atoms with Crippen LogP contribution in [0.1, 0.15) is 19.4 Å². The third kappa shape index (κ3) is 2.03. The van der Waals surface area contributed by atoms with Crippen LogP contribution in [0.4, 0.5) is 15.8 Å². The fraction of sp³-hybridized carbons (Fsp3) is 0.500. The SMILES string of the molecule is CC(C)(CO)C1Cc2cc([N+](=O)[O-])c(F)cc2N1. The molecule has 1 atom stereocenters. The largest absolute Gasteiger partial charge is 0.396 e. The number of benzene rings is 1. The van der Waals surface area contributed by atoms with E-state index in [0.717, 1.165) is 11.6 Å². The van der Waals surface area contributed by atoms with Crippen LogP contribution in [0.5, 0.6) is 0 Å². The van der Waals surface area contributed by atoms with Gasteiger partial charge in [0, 0.05) is 29.3 Å². The van der Waals surface area contributed by atoms with E-state index in [-0.39, 0.29) is 18.1 Å². The second-order valence-corrected chi connectivity index (χ2v) is 5.27. The quantitative estimate of drug-likeness (QED) is 0.639. The topological polar surface area (TPSA) is 75.4 Å². The van der Waals surface area contributed by atoms with Crippen molar-refractivity contribution in [1.82, 2.24) is 0 Å². The lowest BCUT2D eigenvalue weighted by molar-refractivity contribution is -0.387. The van der Waals surface area contributed by atoms with E-state index in [0.29, 0.717) is 12.1 Å². The molecular formula is C12H15FN2O3. The third-order valence-electron chi connectivity index (χ3n) is 3.47. The highest BCUT2D eigenvalue weighted by molar-refractivity contribution is 5.61. The van der Waals surface area contributed by atoms with E-state index in [9.17, 15) is 19.6 Å². The maximum Gasteiger partial charge on any atom is 0.305 e. The smallest absolute Gasteiger partial charge is 0.305 e. The van der Waals surface area contributed by atoms with Crippen LogP contribution in [-0.2, 0) is 6.42 Å². The standard InChI is InChI=1S/C12H15FN2O3/c1-12(2,6-16)11-4-7-3-10(15(17)18)8(13)5-9(7)14-11/h3,5,11,14,16H,4,6H2,1-2H3. The van der Waals surface area contributed by atoms with Gasteiger partial charge in [-0.3, -0.25) is 10.1 Å². The summed E-state index contributed by atoms with van der Waals surface area (Å²) < 4.78 is 13.5. The minimum Gasteiger partial charge on any atom is -0.396 e. The van der Waals surface area contributed by atoms with Crippen LogP contribution < -0.4 is 5.32 Å². The van der Waals surface area contributed by atoms with Crippen LogP contribution in [0.3, 0.4) is 0 Å². The van der Waals surface area contributed by atoms with Gasteiger partial charge in [-0.15, -0.1) is 0 Å². The Kier molecular flexibility index (Phi) is 2.98. The first kappa shape index (κ1) is 12.8. The minimum absolute atomic E-state index is 0.0107. The molecule has 0 aromatic heterocycles. The zero-order valence-electron chi connectivity index (χ0n) is 10.2. The van der Waals surface area contributed by atoms with Crippen molar-refractivity contribution in [3.63, 3.8) is 0 Å². The molecule has 1 unspecified atom stereocenters. The van der Waals surface area contributed by atoms with Crippen molar-refractivity contribution >= 4 is 11.4 Å². The molecule has 1 aliphatic rings. The number of hydrogen-bond acceptors (Lipinski definition) is 4. The van der Waals surface area contributed by atoms with Gasteiger partial charge in [0.05, 0.1) is 11.5 Å². The van der Waals surface area contributed by atoms with Gasteiger partial charge in [-0.05, 0) is 12.0 Å². The molecule has 1 aliphatic heterocycles. The molecule has 2 rings (SSSR count). The maximum absolute atomic E-state index is 13.5. The van der Waals surface area contributed by atoms with Gasteiger partial charge in [0.2, 0.25) is 5.82 Å². The summed E-state index contributed by atoms with van der Waals surface area (Å²) in [5.41, 5.74) is 0.418. The summed E-state index contributed by atoms with van der Waals surface area (Å²) in [5.74, 6) is -0.839. The van der Waals surface area contributed by atoms with Crippen molar-refractivity contribution in [2.75, 3.05) is 11.9 Å². The molecule has 6 heteroatoms. The first-order valence-electron chi connectivity index (χ1n) is 5.69. The Morgan fingerprint density at radius 1 is 1.61 bits per heavy atom. The Bertz CT molecular complexity index is 502. The van der Waals surface area contributed by atoms with Gasteiger partial charge in [-0.1, -0.05) is 13.8 Å². The number of fused-ring (bicyclic) bond motifs is 1. The Morgan fingerprint density at radius 2 is 2.28 bits per heavy atom. The molecule has 1 aromatic rings. The predicted molar refractivity (Wildman–Crippen MR) is 65.0 cm³/mol. The van der Waals surface area contributed by atoms with Crippen molar-refractivity contribution in [3.8, 4) is 0 Å². The molecule has 18 heavy (non-hydrogen) atoms. The summed E-state index contributed by atoms with van der Waals surface area (Å²) in [6, 6.07) is 2.37. The zero-order chi connectivity index (χ0) is 13.5. The van der Waals surface area contributed by atoms with E-state index >= 15 is 0 Å². The van der Waals surface area contributed by atoms with Gasteiger partial charge in [-0.25, -0.2) is 0 Å². The third-order valence-corrected chi connectivity index (χ3v) is 3.47. The predicted octanol–water partition coefficient (Wildman–Crippen LogP) is 2.09. The first-order valence-corrected chi connectivity index (χ1v) is 5.69. The maximum atomic E-state index is 13.5. The fourth-order valence-electron chi connectivity index (χ4n) is 2.09. The van der Waals surface area contributed by atoms with Gasteiger partial charge in [0.25, 0.3) is 0 Å². The molecule has 98 valence electrons. The number of anilines is 1. The molecule has 0 amide bonds. The summed E-state index contributed by atoms with van der Waals surface area (Å²) in [5, 5.41) is 23.1. The number of nitro benzene ring substituents is 1. The molecule has 1 aromatic carbocycles. The van der Waals surface area contributed by atoms with Crippen LogP contribution in [0.2, 0.25) is 0 Å². The number of aliphatic hydroxyl groups excluding tert-OH is 1. The number of hydrogen-bond donors (Lipinski definition) is 2. The zero-order valence-corrected chi connectivity index (χ0v) is 10.2.